The number of aromatic amines is 1. The summed E-state index contributed by atoms with van der Waals surface area (Å²) in [7, 11) is 0. The second kappa shape index (κ2) is 9.75. The first-order valence-electron chi connectivity index (χ1n) is 11.0. The summed E-state index contributed by atoms with van der Waals surface area (Å²) in [5.74, 6) is -1.55. The van der Waals surface area contributed by atoms with Gasteiger partial charge >= 0.3 is 17.8 Å². The Morgan fingerprint density at radius 2 is 2.03 bits per heavy atom. The van der Waals surface area contributed by atoms with Crippen LogP contribution >= 0.6 is 11.3 Å². The van der Waals surface area contributed by atoms with Gasteiger partial charge in [0, 0.05) is 19.6 Å². The van der Waals surface area contributed by atoms with Gasteiger partial charge in [0.05, 0.1) is 23.5 Å². The predicted molar refractivity (Wildman–Crippen MR) is 122 cm³/mol. The minimum atomic E-state index is -4.47. The van der Waals surface area contributed by atoms with Gasteiger partial charge in [-0.2, -0.15) is 13.2 Å². The molecule has 4 rings (SSSR count). The number of carbonyl (C=O) groups is 1. The number of fused-ring (bicyclic) bond motifs is 1. The van der Waals surface area contributed by atoms with Gasteiger partial charge in [0.1, 0.15) is 4.83 Å². The number of hydrogen-bond acceptors (Lipinski definition) is 6. The molecule has 0 saturated carbocycles. The van der Waals surface area contributed by atoms with Crippen molar-refractivity contribution in [3.8, 4) is 0 Å². The normalized spacial score (nSPS) is 19.4. The van der Waals surface area contributed by atoms with Gasteiger partial charge in [-0.3, -0.25) is 19.1 Å². The Morgan fingerprint density at radius 3 is 2.76 bits per heavy atom. The van der Waals surface area contributed by atoms with Crippen LogP contribution in [0.1, 0.15) is 30.4 Å². The summed E-state index contributed by atoms with van der Waals surface area (Å²) >= 11 is 1.28. The van der Waals surface area contributed by atoms with E-state index in [-0.39, 0.29) is 25.3 Å². The molecular weight excluding hydrogens is 471 g/mol. The summed E-state index contributed by atoms with van der Waals surface area (Å²) in [5, 5.41) is 2.17. The molecule has 1 saturated heterocycles. The number of likely N-dealkylation sites (tertiary alicyclic amines) is 1. The van der Waals surface area contributed by atoms with Crippen LogP contribution in [0.2, 0.25) is 0 Å². The SMILES string of the molecule is CCOC(=O)C1CN(CCn2c(=O)[nH]c3sccc3c2=O)CCC1c1cccc(C(F)(F)F)c1. The molecule has 1 aromatic carbocycles. The maximum absolute atomic E-state index is 13.2. The number of carbonyl (C=O) groups excluding carboxylic acids is 1. The molecule has 1 fully saturated rings. The summed E-state index contributed by atoms with van der Waals surface area (Å²) in [6.45, 7) is 3.07. The van der Waals surface area contributed by atoms with Gasteiger partial charge in [0.15, 0.2) is 0 Å². The number of thiophene rings is 1. The van der Waals surface area contributed by atoms with E-state index in [2.05, 4.69) is 4.98 Å². The number of nitrogens with zero attached hydrogens (tertiary/aromatic N) is 2. The first kappa shape index (κ1) is 24.2. The number of rotatable bonds is 6. The summed E-state index contributed by atoms with van der Waals surface area (Å²) in [5.41, 5.74) is -1.18. The van der Waals surface area contributed by atoms with E-state index in [1.807, 2.05) is 4.90 Å². The maximum Gasteiger partial charge on any atom is 0.416 e. The van der Waals surface area contributed by atoms with E-state index in [4.69, 9.17) is 4.74 Å². The van der Waals surface area contributed by atoms with E-state index < -0.39 is 35.2 Å². The van der Waals surface area contributed by atoms with Gasteiger partial charge in [-0.1, -0.05) is 18.2 Å². The minimum absolute atomic E-state index is 0.129. The van der Waals surface area contributed by atoms with Crippen LogP contribution < -0.4 is 11.2 Å². The highest BCUT2D eigenvalue weighted by Crippen LogP contribution is 2.37. The number of esters is 1. The van der Waals surface area contributed by atoms with Crippen molar-refractivity contribution >= 4 is 27.5 Å². The first-order valence-corrected chi connectivity index (χ1v) is 11.8. The number of hydrogen-bond donors (Lipinski definition) is 1. The third-order valence-electron chi connectivity index (χ3n) is 6.17. The summed E-state index contributed by atoms with van der Waals surface area (Å²) in [6.07, 6.45) is -4.03. The highest BCUT2D eigenvalue weighted by Gasteiger charge is 2.38. The predicted octanol–water partition coefficient (Wildman–Crippen LogP) is 3.44. The Morgan fingerprint density at radius 1 is 1.24 bits per heavy atom. The number of H-pyrrole nitrogens is 1. The Bertz CT molecular complexity index is 1300. The van der Waals surface area contributed by atoms with Crippen LogP contribution in [-0.4, -0.2) is 46.7 Å². The standard InChI is InChI=1S/C23H24F3N3O4S/c1-2-33-21(31)18-13-28(8-6-16(18)14-4-3-5-15(12-14)23(24,25)26)9-10-29-20(30)17-7-11-34-19(17)27-22(29)32/h3-5,7,11-12,16,18H,2,6,8-10,13H2,1H3,(H,27,32). The molecule has 2 aromatic heterocycles. The smallest absolute Gasteiger partial charge is 0.416 e. The number of benzene rings is 1. The van der Waals surface area contributed by atoms with Crippen LogP contribution in [0.15, 0.2) is 45.3 Å². The molecule has 7 nitrogen and oxygen atoms in total. The van der Waals surface area contributed by atoms with Crippen molar-refractivity contribution in [3.05, 3.63) is 67.7 Å². The van der Waals surface area contributed by atoms with Crippen molar-refractivity contribution < 1.29 is 22.7 Å². The maximum atomic E-state index is 13.2. The molecule has 0 aliphatic carbocycles. The number of aromatic nitrogens is 2. The molecule has 1 aliphatic rings. The van der Waals surface area contributed by atoms with Crippen LogP contribution in [0.3, 0.4) is 0 Å². The molecule has 0 spiro atoms. The van der Waals surface area contributed by atoms with E-state index in [9.17, 15) is 27.6 Å². The van der Waals surface area contributed by atoms with Gasteiger partial charge in [0.25, 0.3) is 5.56 Å². The Balaban J connectivity index is 1.53. The number of halogens is 3. The molecule has 0 amide bonds. The minimum Gasteiger partial charge on any atom is -0.466 e. The fourth-order valence-electron chi connectivity index (χ4n) is 4.48. The van der Waals surface area contributed by atoms with Crippen molar-refractivity contribution in [1.82, 2.24) is 14.5 Å². The van der Waals surface area contributed by atoms with Crippen LogP contribution in [-0.2, 0) is 22.3 Å². The zero-order valence-corrected chi connectivity index (χ0v) is 19.2. The van der Waals surface area contributed by atoms with Crippen molar-refractivity contribution in [2.75, 3.05) is 26.2 Å². The number of piperidine rings is 1. The second-order valence-corrected chi connectivity index (χ2v) is 9.14. The molecule has 0 bridgehead atoms. The highest BCUT2D eigenvalue weighted by atomic mass is 32.1. The van der Waals surface area contributed by atoms with Crippen molar-refractivity contribution in [2.24, 2.45) is 5.92 Å². The first-order chi connectivity index (χ1) is 16.2. The van der Waals surface area contributed by atoms with Gasteiger partial charge in [-0.25, -0.2) is 4.79 Å². The molecule has 3 aromatic rings. The second-order valence-electron chi connectivity index (χ2n) is 8.23. The fourth-order valence-corrected chi connectivity index (χ4v) is 5.25. The van der Waals surface area contributed by atoms with E-state index in [1.165, 1.54) is 17.4 Å². The average Bonchev–Trinajstić information content (AvgIpc) is 3.27. The number of ether oxygens (including phenoxy) is 1. The zero-order chi connectivity index (χ0) is 24.5. The summed E-state index contributed by atoms with van der Waals surface area (Å²) in [6, 6.07) is 6.73. The lowest BCUT2D eigenvalue weighted by Gasteiger charge is -2.37. The largest absolute Gasteiger partial charge is 0.466 e. The number of alkyl halides is 3. The molecule has 3 heterocycles. The molecule has 1 N–H and O–H groups in total. The summed E-state index contributed by atoms with van der Waals surface area (Å²) in [4.78, 5) is 42.9. The van der Waals surface area contributed by atoms with E-state index in [0.717, 1.165) is 16.7 Å². The molecule has 2 unspecified atom stereocenters. The third kappa shape index (κ3) is 4.95. The van der Waals surface area contributed by atoms with Crippen molar-refractivity contribution in [1.29, 1.82) is 0 Å². The monoisotopic (exact) mass is 495 g/mol. The van der Waals surface area contributed by atoms with E-state index >= 15 is 0 Å². The van der Waals surface area contributed by atoms with Crippen molar-refractivity contribution in [3.63, 3.8) is 0 Å². The lowest BCUT2D eigenvalue weighted by molar-refractivity contribution is -0.150. The van der Waals surface area contributed by atoms with Gasteiger partial charge in [0.2, 0.25) is 0 Å². The molecule has 11 heteroatoms. The molecular formula is C23H24F3N3O4S. The molecule has 0 radical (unpaired) electrons. The Labute approximate surface area is 196 Å². The van der Waals surface area contributed by atoms with Crippen molar-refractivity contribution in [2.45, 2.75) is 32.0 Å². The third-order valence-corrected chi connectivity index (χ3v) is 7.00. The van der Waals surface area contributed by atoms with Crippen LogP contribution in [0.4, 0.5) is 13.2 Å². The number of nitrogens with one attached hydrogen (secondary N) is 1. The van der Waals surface area contributed by atoms with E-state index in [0.29, 0.717) is 35.3 Å². The highest BCUT2D eigenvalue weighted by molar-refractivity contribution is 7.16. The lowest BCUT2D eigenvalue weighted by Crippen LogP contribution is -2.46. The summed E-state index contributed by atoms with van der Waals surface area (Å²) < 4.78 is 46.0. The lowest BCUT2D eigenvalue weighted by atomic mass is 9.80. The fraction of sp³-hybridized carbons (Fsp3) is 0.435. The van der Waals surface area contributed by atoms with Gasteiger partial charge in [-0.05, 0) is 48.9 Å². The van der Waals surface area contributed by atoms with Crippen LogP contribution in [0.5, 0.6) is 0 Å². The Hall–Kier alpha value is -2.92. The quantitative estimate of drug-likeness (QED) is 0.530. The molecule has 34 heavy (non-hydrogen) atoms. The molecule has 182 valence electrons. The van der Waals surface area contributed by atoms with E-state index in [1.54, 1.807) is 24.4 Å². The van der Waals surface area contributed by atoms with Crippen LogP contribution in [0.25, 0.3) is 10.2 Å². The van der Waals surface area contributed by atoms with Crippen LogP contribution in [0, 0.1) is 5.92 Å². The molecule has 2 atom stereocenters. The Kier molecular flexibility index (Phi) is 6.94. The average molecular weight is 496 g/mol. The van der Waals surface area contributed by atoms with Gasteiger partial charge < -0.3 is 9.64 Å². The molecule has 1 aliphatic heterocycles. The zero-order valence-electron chi connectivity index (χ0n) is 18.4. The van der Waals surface area contributed by atoms with Gasteiger partial charge in [-0.15, -0.1) is 11.3 Å². The topological polar surface area (TPSA) is 84.4 Å².